The maximum Gasteiger partial charge on any atom is 0.257 e. The maximum atomic E-state index is 13.1. The summed E-state index contributed by atoms with van der Waals surface area (Å²) < 4.78 is 0. The van der Waals surface area contributed by atoms with Crippen molar-refractivity contribution in [3.63, 3.8) is 0 Å². The van der Waals surface area contributed by atoms with E-state index in [1.807, 2.05) is 13.1 Å². The molecule has 1 amide bonds. The standard InChI is InChI=1S/C19H29N3O3/c1-21(15-7-3-2-4-8-15)17-16(9-5-11-20-17)18(24)22-12-6-10-19(25,13-22)14-23/h5,9,11,15,23,25H,2-4,6-8,10,12-14H2,1H3/t19-/m0/s1. The molecule has 2 aliphatic rings. The fourth-order valence-electron chi connectivity index (χ4n) is 4.07. The molecule has 2 fully saturated rings. The Labute approximate surface area is 149 Å². The van der Waals surface area contributed by atoms with Gasteiger partial charge in [0.05, 0.1) is 18.7 Å². The molecule has 1 saturated heterocycles. The van der Waals surface area contributed by atoms with Crippen LogP contribution in [-0.2, 0) is 0 Å². The van der Waals surface area contributed by atoms with Crippen LogP contribution in [0.4, 0.5) is 5.82 Å². The van der Waals surface area contributed by atoms with Gasteiger partial charge >= 0.3 is 0 Å². The number of piperidine rings is 1. The van der Waals surface area contributed by atoms with Crippen LogP contribution in [0.5, 0.6) is 0 Å². The van der Waals surface area contributed by atoms with Gasteiger partial charge in [0, 0.05) is 25.8 Å². The van der Waals surface area contributed by atoms with Gasteiger partial charge in [-0.25, -0.2) is 4.98 Å². The molecule has 1 aromatic heterocycles. The first kappa shape index (κ1) is 18.1. The summed E-state index contributed by atoms with van der Waals surface area (Å²) in [5.74, 6) is 0.606. The number of aromatic nitrogens is 1. The van der Waals surface area contributed by atoms with Crippen molar-refractivity contribution >= 4 is 11.7 Å². The van der Waals surface area contributed by atoms with E-state index in [1.54, 1.807) is 17.2 Å². The van der Waals surface area contributed by atoms with Crippen LogP contribution in [0, 0.1) is 0 Å². The number of nitrogens with zero attached hydrogens (tertiary/aromatic N) is 3. The van der Waals surface area contributed by atoms with Crippen molar-refractivity contribution in [2.75, 3.05) is 31.6 Å². The molecule has 2 N–H and O–H groups in total. The number of β-amino-alcohol motifs (C(OH)–C–C–N with tert-alkyl or cyclic N) is 1. The fraction of sp³-hybridized carbons (Fsp3) is 0.684. The van der Waals surface area contributed by atoms with Crippen molar-refractivity contribution in [2.45, 2.75) is 56.6 Å². The van der Waals surface area contributed by atoms with Gasteiger partial charge in [-0.3, -0.25) is 4.79 Å². The van der Waals surface area contributed by atoms with E-state index in [0.29, 0.717) is 31.0 Å². The van der Waals surface area contributed by atoms with Crippen molar-refractivity contribution in [3.8, 4) is 0 Å². The fourth-order valence-corrected chi connectivity index (χ4v) is 4.07. The first-order valence-electron chi connectivity index (χ1n) is 9.34. The number of pyridine rings is 1. The molecule has 6 heteroatoms. The second-order valence-corrected chi connectivity index (χ2v) is 7.49. The number of aliphatic hydroxyl groups excluding tert-OH is 1. The minimum atomic E-state index is -1.19. The van der Waals surface area contributed by atoms with Crippen LogP contribution in [-0.4, -0.2) is 64.4 Å². The van der Waals surface area contributed by atoms with Crippen LogP contribution in [0.2, 0.25) is 0 Å². The van der Waals surface area contributed by atoms with Crippen molar-refractivity contribution in [1.82, 2.24) is 9.88 Å². The van der Waals surface area contributed by atoms with E-state index >= 15 is 0 Å². The molecule has 0 radical (unpaired) electrons. The van der Waals surface area contributed by atoms with E-state index < -0.39 is 5.60 Å². The molecule has 0 aromatic carbocycles. The Morgan fingerprint density at radius 2 is 2.12 bits per heavy atom. The molecule has 0 spiro atoms. The first-order chi connectivity index (χ1) is 12.0. The lowest BCUT2D eigenvalue weighted by atomic mass is 9.93. The highest BCUT2D eigenvalue weighted by atomic mass is 16.3. The number of amides is 1. The highest BCUT2D eigenvalue weighted by Gasteiger charge is 2.36. The quantitative estimate of drug-likeness (QED) is 0.869. The third-order valence-electron chi connectivity index (χ3n) is 5.61. The third kappa shape index (κ3) is 3.96. The molecular weight excluding hydrogens is 318 g/mol. The zero-order valence-electron chi connectivity index (χ0n) is 15.0. The van der Waals surface area contributed by atoms with E-state index in [1.165, 1.54) is 19.3 Å². The molecule has 138 valence electrons. The number of aliphatic hydroxyl groups is 2. The van der Waals surface area contributed by atoms with E-state index in [9.17, 15) is 15.0 Å². The molecule has 1 saturated carbocycles. The second-order valence-electron chi connectivity index (χ2n) is 7.49. The van der Waals surface area contributed by atoms with Gasteiger partial charge in [0.2, 0.25) is 0 Å². The summed E-state index contributed by atoms with van der Waals surface area (Å²) in [4.78, 5) is 21.4. The smallest absolute Gasteiger partial charge is 0.257 e. The summed E-state index contributed by atoms with van der Waals surface area (Å²) in [5, 5.41) is 19.8. The largest absolute Gasteiger partial charge is 0.393 e. The normalized spacial score (nSPS) is 25.0. The molecule has 1 aliphatic carbocycles. The maximum absolute atomic E-state index is 13.1. The topological polar surface area (TPSA) is 76.9 Å². The number of carbonyl (C=O) groups is 1. The van der Waals surface area contributed by atoms with Crippen LogP contribution >= 0.6 is 0 Å². The molecule has 6 nitrogen and oxygen atoms in total. The molecule has 1 aliphatic heterocycles. The van der Waals surface area contributed by atoms with Crippen LogP contribution < -0.4 is 4.90 Å². The van der Waals surface area contributed by atoms with Gasteiger partial charge in [-0.05, 0) is 37.8 Å². The van der Waals surface area contributed by atoms with Gasteiger partial charge in [0.15, 0.2) is 0 Å². The molecule has 2 heterocycles. The zero-order valence-corrected chi connectivity index (χ0v) is 15.0. The van der Waals surface area contributed by atoms with E-state index in [4.69, 9.17) is 0 Å². The third-order valence-corrected chi connectivity index (χ3v) is 5.61. The number of anilines is 1. The SMILES string of the molecule is CN(c1ncccc1C(=O)N1CCC[C@@](O)(CO)C1)C1CCCCC1. The lowest BCUT2D eigenvalue weighted by molar-refractivity contribution is -0.0598. The van der Waals surface area contributed by atoms with Crippen LogP contribution in [0.1, 0.15) is 55.3 Å². The van der Waals surface area contributed by atoms with Crippen molar-refractivity contribution in [2.24, 2.45) is 0 Å². The van der Waals surface area contributed by atoms with Crippen LogP contribution in [0.15, 0.2) is 18.3 Å². The Hall–Kier alpha value is -1.66. The summed E-state index contributed by atoms with van der Waals surface area (Å²) in [6.45, 7) is 0.449. The Morgan fingerprint density at radius 1 is 1.36 bits per heavy atom. The van der Waals surface area contributed by atoms with E-state index in [-0.39, 0.29) is 19.1 Å². The summed E-state index contributed by atoms with van der Waals surface area (Å²) >= 11 is 0. The minimum absolute atomic E-state index is 0.114. The lowest BCUT2D eigenvalue weighted by Gasteiger charge is -2.39. The number of hydrogen-bond acceptors (Lipinski definition) is 5. The highest BCUT2D eigenvalue weighted by molar-refractivity contribution is 5.99. The van der Waals surface area contributed by atoms with Crippen LogP contribution in [0.3, 0.4) is 0 Å². The average Bonchev–Trinajstić information content (AvgIpc) is 2.67. The van der Waals surface area contributed by atoms with Gasteiger partial charge in [-0.15, -0.1) is 0 Å². The Balaban J connectivity index is 1.81. The zero-order chi connectivity index (χ0) is 17.9. The summed E-state index contributed by atoms with van der Waals surface area (Å²) in [6.07, 6.45) is 8.94. The average molecular weight is 347 g/mol. The highest BCUT2D eigenvalue weighted by Crippen LogP contribution is 2.29. The molecule has 1 aromatic rings. The second kappa shape index (κ2) is 7.70. The molecule has 0 unspecified atom stereocenters. The van der Waals surface area contributed by atoms with Crippen molar-refractivity contribution in [3.05, 3.63) is 23.9 Å². The molecular formula is C19H29N3O3. The number of carbonyl (C=O) groups excluding carboxylic acids is 1. The van der Waals surface area contributed by atoms with Gasteiger partial charge in [0.1, 0.15) is 11.4 Å². The predicted molar refractivity (Wildman–Crippen MR) is 96.7 cm³/mol. The predicted octanol–water partition coefficient (Wildman–Crippen LogP) is 1.81. The molecule has 0 bridgehead atoms. The van der Waals surface area contributed by atoms with Crippen LogP contribution in [0.25, 0.3) is 0 Å². The minimum Gasteiger partial charge on any atom is -0.393 e. The number of hydrogen-bond donors (Lipinski definition) is 2. The molecule has 3 rings (SSSR count). The van der Waals surface area contributed by atoms with E-state index in [2.05, 4.69) is 9.88 Å². The number of likely N-dealkylation sites (tertiary alicyclic amines) is 1. The van der Waals surface area contributed by atoms with Crippen molar-refractivity contribution in [1.29, 1.82) is 0 Å². The molecule has 25 heavy (non-hydrogen) atoms. The Morgan fingerprint density at radius 3 is 2.84 bits per heavy atom. The monoisotopic (exact) mass is 347 g/mol. The Bertz CT molecular complexity index is 603. The number of rotatable bonds is 4. The van der Waals surface area contributed by atoms with Gasteiger partial charge < -0.3 is 20.0 Å². The Kier molecular flexibility index (Phi) is 5.59. The summed E-state index contributed by atoms with van der Waals surface area (Å²) in [6, 6.07) is 4.02. The van der Waals surface area contributed by atoms with Gasteiger partial charge in [-0.1, -0.05) is 19.3 Å². The summed E-state index contributed by atoms with van der Waals surface area (Å²) in [5.41, 5.74) is -0.608. The lowest BCUT2D eigenvalue weighted by Crippen LogP contribution is -2.52. The molecule has 1 atom stereocenters. The van der Waals surface area contributed by atoms with Gasteiger partial charge in [0.25, 0.3) is 5.91 Å². The first-order valence-corrected chi connectivity index (χ1v) is 9.34. The van der Waals surface area contributed by atoms with Crippen molar-refractivity contribution < 1.29 is 15.0 Å². The summed E-state index contributed by atoms with van der Waals surface area (Å²) in [7, 11) is 2.02. The van der Waals surface area contributed by atoms with Gasteiger partial charge in [-0.2, -0.15) is 0 Å². The van der Waals surface area contributed by atoms with E-state index in [0.717, 1.165) is 18.7 Å².